The van der Waals surface area contributed by atoms with Crippen LogP contribution in [0.4, 0.5) is 0 Å². The van der Waals surface area contributed by atoms with Gasteiger partial charge in [0.1, 0.15) is 17.1 Å². The second-order valence-corrected chi connectivity index (χ2v) is 4.79. The average Bonchev–Trinajstić information content (AvgIpc) is 2.64. The van der Waals surface area contributed by atoms with Gasteiger partial charge in [-0.1, -0.05) is 0 Å². The number of nitrogens with one attached hydrogen (secondary N) is 2. The van der Waals surface area contributed by atoms with Crippen LogP contribution in [0, 0.1) is 13.8 Å². The molecule has 1 heterocycles. The van der Waals surface area contributed by atoms with E-state index in [1.54, 1.807) is 26.8 Å². The fourth-order valence-corrected chi connectivity index (χ4v) is 1.80. The first-order valence-electron chi connectivity index (χ1n) is 6.03. The number of carbonyl (C=O) groups excluding carboxylic acids is 2. The molecule has 0 fully saturated rings. The van der Waals surface area contributed by atoms with Crippen LogP contribution in [0.2, 0.25) is 0 Å². The van der Waals surface area contributed by atoms with Gasteiger partial charge < -0.3 is 20.2 Å². The van der Waals surface area contributed by atoms with E-state index in [2.05, 4.69) is 10.6 Å². The predicted molar refractivity (Wildman–Crippen MR) is 69.4 cm³/mol. The Morgan fingerprint density at radius 1 is 1.37 bits per heavy atom. The first-order chi connectivity index (χ1) is 8.72. The lowest BCUT2D eigenvalue weighted by molar-refractivity contribution is -0.125. The maximum atomic E-state index is 11.5. The van der Waals surface area contributed by atoms with E-state index in [1.807, 2.05) is 0 Å². The highest BCUT2D eigenvalue weighted by atomic mass is 16.3. The average molecular weight is 268 g/mol. The number of hydrogen-bond donors (Lipinski definition) is 3. The van der Waals surface area contributed by atoms with Crippen LogP contribution in [0.1, 0.15) is 30.9 Å². The van der Waals surface area contributed by atoms with Crippen molar-refractivity contribution >= 4 is 11.8 Å². The third-order valence-electron chi connectivity index (χ3n) is 2.75. The maximum absolute atomic E-state index is 11.5. The first kappa shape index (κ1) is 15.2. The Kier molecular flexibility index (Phi) is 4.72. The summed E-state index contributed by atoms with van der Waals surface area (Å²) in [4.78, 5) is 22.1. The molecule has 19 heavy (non-hydrogen) atoms. The van der Waals surface area contributed by atoms with Crippen molar-refractivity contribution in [3.63, 3.8) is 0 Å². The van der Waals surface area contributed by atoms with Gasteiger partial charge in [0.2, 0.25) is 11.8 Å². The Bertz CT molecular complexity index is 477. The van der Waals surface area contributed by atoms with Gasteiger partial charge in [-0.15, -0.1) is 0 Å². The quantitative estimate of drug-likeness (QED) is 0.719. The van der Waals surface area contributed by atoms with Gasteiger partial charge in [0.15, 0.2) is 0 Å². The minimum Gasteiger partial charge on any atom is -0.466 e. The van der Waals surface area contributed by atoms with E-state index in [9.17, 15) is 14.7 Å². The van der Waals surface area contributed by atoms with Gasteiger partial charge in [-0.2, -0.15) is 0 Å². The summed E-state index contributed by atoms with van der Waals surface area (Å²) < 4.78 is 5.36. The normalized spacial score (nSPS) is 13.7. The molecule has 0 saturated heterocycles. The number of carbonyl (C=O) groups is 2. The number of rotatable bonds is 5. The number of hydrogen-bond acceptors (Lipinski definition) is 4. The lowest BCUT2D eigenvalue weighted by Gasteiger charge is -2.23. The molecule has 6 heteroatoms. The molecule has 0 saturated carbocycles. The Morgan fingerprint density at radius 3 is 2.47 bits per heavy atom. The van der Waals surface area contributed by atoms with Crippen molar-refractivity contribution in [2.24, 2.45) is 0 Å². The zero-order valence-corrected chi connectivity index (χ0v) is 11.7. The van der Waals surface area contributed by atoms with Crippen molar-refractivity contribution in [3.8, 4) is 0 Å². The fraction of sp³-hybridized carbons (Fsp3) is 0.538. The molecular weight excluding hydrogens is 248 g/mol. The molecule has 3 N–H and O–H groups in total. The van der Waals surface area contributed by atoms with E-state index in [-0.39, 0.29) is 24.9 Å². The third kappa shape index (κ3) is 4.40. The number of amides is 2. The molecule has 0 radical (unpaired) electrons. The van der Waals surface area contributed by atoms with Crippen molar-refractivity contribution in [2.45, 2.75) is 33.3 Å². The smallest absolute Gasteiger partial charge is 0.239 e. The highest BCUT2D eigenvalue weighted by Gasteiger charge is 2.28. The minimum atomic E-state index is -1.21. The second-order valence-electron chi connectivity index (χ2n) is 4.79. The molecule has 0 aliphatic rings. The summed E-state index contributed by atoms with van der Waals surface area (Å²) in [6.45, 7) is 6.43. The van der Waals surface area contributed by atoms with E-state index in [0.29, 0.717) is 17.1 Å². The summed E-state index contributed by atoms with van der Waals surface area (Å²) in [7, 11) is 0. The standard InChI is InChI=1S/C13H20N2O4/c1-8-5-11(9(2)19-8)13(4,18)7-15-12(17)6-14-10(3)16/h5,18H,6-7H2,1-4H3,(H,14,16)(H,15,17). The second kappa shape index (κ2) is 5.88. The predicted octanol–water partition coefficient (Wildman–Crippen LogP) is 0.356. The van der Waals surface area contributed by atoms with E-state index >= 15 is 0 Å². The molecule has 1 aromatic rings. The van der Waals surface area contributed by atoms with Gasteiger partial charge in [-0.3, -0.25) is 9.59 Å². The van der Waals surface area contributed by atoms with Gasteiger partial charge in [0.25, 0.3) is 0 Å². The van der Waals surface area contributed by atoms with Gasteiger partial charge in [-0.25, -0.2) is 0 Å². The summed E-state index contributed by atoms with van der Waals surface area (Å²) in [6, 6.07) is 1.75. The number of aryl methyl sites for hydroxylation is 2. The molecule has 0 aliphatic heterocycles. The molecule has 106 valence electrons. The molecule has 1 aromatic heterocycles. The molecule has 1 atom stereocenters. The molecule has 0 bridgehead atoms. The van der Waals surface area contributed by atoms with Crippen LogP contribution in [-0.2, 0) is 15.2 Å². The lowest BCUT2D eigenvalue weighted by atomic mass is 9.96. The van der Waals surface area contributed by atoms with Crippen LogP contribution >= 0.6 is 0 Å². The van der Waals surface area contributed by atoms with Crippen molar-refractivity contribution in [1.82, 2.24) is 10.6 Å². The lowest BCUT2D eigenvalue weighted by Crippen LogP contribution is -2.43. The summed E-state index contributed by atoms with van der Waals surface area (Å²) in [5.41, 5.74) is -0.571. The van der Waals surface area contributed by atoms with Gasteiger partial charge >= 0.3 is 0 Å². The third-order valence-corrected chi connectivity index (χ3v) is 2.75. The molecule has 0 aliphatic carbocycles. The van der Waals surface area contributed by atoms with E-state index in [4.69, 9.17) is 4.42 Å². The Morgan fingerprint density at radius 2 is 2.00 bits per heavy atom. The zero-order chi connectivity index (χ0) is 14.6. The summed E-state index contributed by atoms with van der Waals surface area (Å²) in [6.07, 6.45) is 0. The van der Waals surface area contributed by atoms with Crippen molar-refractivity contribution in [1.29, 1.82) is 0 Å². The van der Waals surface area contributed by atoms with Crippen molar-refractivity contribution in [3.05, 3.63) is 23.2 Å². The fourth-order valence-electron chi connectivity index (χ4n) is 1.80. The Balaban J connectivity index is 2.58. The van der Waals surface area contributed by atoms with Crippen molar-refractivity contribution < 1.29 is 19.1 Å². The van der Waals surface area contributed by atoms with E-state index < -0.39 is 5.60 Å². The highest BCUT2D eigenvalue weighted by Crippen LogP contribution is 2.26. The van der Waals surface area contributed by atoms with Crippen LogP contribution in [0.25, 0.3) is 0 Å². The zero-order valence-electron chi connectivity index (χ0n) is 11.7. The van der Waals surface area contributed by atoms with Gasteiger partial charge in [0, 0.05) is 12.5 Å². The maximum Gasteiger partial charge on any atom is 0.239 e. The molecule has 0 spiro atoms. The van der Waals surface area contributed by atoms with Crippen LogP contribution < -0.4 is 10.6 Å². The number of furan rings is 1. The topological polar surface area (TPSA) is 91.6 Å². The Hall–Kier alpha value is -1.82. The summed E-state index contributed by atoms with van der Waals surface area (Å²) in [5, 5.41) is 15.3. The molecule has 1 rings (SSSR count). The first-order valence-corrected chi connectivity index (χ1v) is 6.03. The monoisotopic (exact) mass is 268 g/mol. The van der Waals surface area contributed by atoms with Crippen LogP contribution in [-0.4, -0.2) is 30.0 Å². The van der Waals surface area contributed by atoms with Gasteiger partial charge in [0.05, 0.1) is 13.1 Å². The SMILES string of the molecule is CC(=O)NCC(=O)NCC(C)(O)c1cc(C)oc1C. The molecule has 2 amide bonds. The van der Waals surface area contributed by atoms with Crippen molar-refractivity contribution in [2.75, 3.05) is 13.1 Å². The summed E-state index contributed by atoms with van der Waals surface area (Å²) >= 11 is 0. The molecule has 1 unspecified atom stereocenters. The number of aliphatic hydroxyl groups is 1. The van der Waals surface area contributed by atoms with Crippen LogP contribution in [0.5, 0.6) is 0 Å². The molecular formula is C13H20N2O4. The van der Waals surface area contributed by atoms with Crippen LogP contribution in [0.3, 0.4) is 0 Å². The minimum absolute atomic E-state index is 0.0469. The van der Waals surface area contributed by atoms with Crippen LogP contribution in [0.15, 0.2) is 10.5 Å². The van der Waals surface area contributed by atoms with E-state index in [0.717, 1.165) is 0 Å². The van der Waals surface area contributed by atoms with E-state index in [1.165, 1.54) is 6.92 Å². The largest absolute Gasteiger partial charge is 0.466 e. The van der Waals surface area contributed by atoms with Gasteiger partial charge in [-0.05, 0) is 26.8 Å². The molecule has 0 aromatic carbocycles. The Labute approximate surface area is 112 Å². The highest BCUT2D eigenvalue weighted by molar-refractivity contribution is 5.83. The molecule has 6 nitrogen and oxygen atoms in total. The summed E-state index contributed by atoms with van der Waals surface area (Å²) in [5.74, 6) is 0.701.